The summed E-state index contributed by atoms with van der Waals surface area (Å²) in [6.45, 7) is 5.00. The van der Waals surface area contributed by atoms with E-state index < -0.39 is 0 Å². The van der Waals surface area contributed by atoms with Gasteiger partial charge < -0.3 is 4.90 Å². The van der Waals surface area contributed by atoms with E-state index in [2.05, 4.69) is 16.0 Å². The summed E-state index contributed by atoms with van der Waals surface area (Å²) in [5.74, 6) is 1.01. The van der Waals surface area contributed by atoms with Crippen LogP contribution in [-0.2, 0) is 0 Å². The Morgan fingerprint density at radius 3 is 2.71 bits per heavy atom. The lowest BCUT2D eigenvalue weighted by atomic mass is 10.3. The monoisotopic (exact) mass is 212 g/mol. The van der Waals surface area contributed by atoms with Crippen molar-refractivity contribution in [1.82, 2.24) is 4.98 Å². The Balaban J connectivity index is 2.52. The molecule has 1 aromatic rings. The molecular formula is C11H17ClN2. The van der Waals surface area contributed by atoms with Crippen molar-refractivity contribution in [3.05, 3.63) is 23.9 Å². The van der Waals surface area contributed by atoms with Crippen molar-refractivity contribution in [2.24, 2.45) is 0 Å². The van der Waals surface area contributed by atoms with Gasteiger partial charge in [-0.05, 0) is 31.9 Å². The Kier molecular flexibility index (Phi) is 4.21. The molecule has 0 radical (unpaired) electrons. The highest BCUT2D eigenvalue weighted by molar-refractivity contribution is 6.20. The summed E-state index contributed by atoms with van der Waals surface area (Å²) in [7, 11) is 2.04. The molecule has 0 spiro atoms. The SMILES string of the molecule is Cc1ccc(N(C)CCC(C)Cl)nc1. The van der Waals surface area contributed by atoms with Gasteiger partial charge in [0.1, 0.15) is 5.82 Å². The Bertz CT molecular complexity index is 269. The van der Waals surface area contributed by atoms with E-state index in [9.17, 15) is 0 Å². The fourth-order valence-corrected chi connectivity index (χ4v) is 1.27. The Labute approximate surface area is 90.9 Å². The van der Waals surface area contributed by atoms with E-state index in [0.717, 1.165) is 18.8 Å². The minimum absolute atomic E-state index is 0.225. The van der Waals surface area contributed by atoms with Crippen LogP contribution in [0, 0.1) is 6.92 Å². The van der Waals surface area contributed by atoms with Crippen LogP contribution in [0.25, 0.3) is 0 Å². The quantitative estimate of drug-likeness (QED) is 0.714. The van der Waals surface area contributed by atoms with E-state index in [1.165, 1.54) is 5.56 Å². The normalized spacial score (nSPS) is 12.6. The summed E-state index contributed by atoms with van der Waals surface area (Å²) in [5, 5.41) is 0.225. The van der Waals surface area contributed by atoms with Gasteiger partial charge in [0, 0.05) is 25.2 Å². The fourth-order valence-electron chi connectivity index (χ4n) is 1.17. The predicted molar refractivity (Wildman–Crippen MR) is 62.2 cm³/mol. The molecule has 78 valence electrons. The number of anilines is 1. The molecule has 1 unspecified atom stereocenters. The lowest BCUT2D eigenvalue weighted by Crippen LogP contribution is -2.21. The maximum absolute atomic E-state index is 5.89. The molecule has 0 amide bonds. The molecule has 0 N–H and O–H groups in total. The molecule has 0 saturated heterocycles. The topological polar surface area (TPSA) is 16.1 Å². The number of alkyl halides is 1. The maximum Gasteiger partial charge on any atom is 0.128 e. The molecule has 0 aliphatic rings. The van der Waals surface area contributed by atoms with Gasteiger partial charge in [0.2, 0.25) is 0 Å². The summed E-state index contributed by atoms with van der Waals surface area (Å²) in [6.07, 6.45) is 2.86. The van der Waals surface area contributed by atoms with E-state index >= 15 is 0 Å². The van der Waals surface area contributed by atoms with Gasteiger partial charge in [-0.25, -0.2) is 4.98 Å². The Morgan fingerprint density at radius 1 is 1.50 bits per heavy atom. The molecule has 0 saturated carbocycles. The number of halogens is 1. The van der Waals surface area contributed by atoms with Crippen molar-refractivity contribution in [3.63, 3.8) is 0 Å². The molecule has 1 atom stereocenters. The van der Waals surface area contributed by atoms with E-state index in [1.54, 1.807) is 0 Å². The van der Waals surface area contributed by atoms with Crippen molar-refractivity contribution >= 4 is 17.4 Å². The number of pyridine rings is 1. The molecule has 2 nitrogen and oxygen atoms in total. The van der Waals surface area contributed by atoms with Crippen molar-refractivity contribution in [3.8, 4) is 0 Å². The van der Waals surface area contributed by atoms with Crippen LogP contribution in [-0.4, -0.2) is 24.0 Å². The molecule has 0 aromatic carbocycles. The highest BCUT2D eigenvalue weighted by Gasteiger charge is 2.03. The lowest BCUT2D eigenvalue weighted by molar-refractivity contribution is 0.765. The summed E-state index contributed by atoms with van der Waals surface area (Å²) < 4.78 is 0. The highest BCUT2D eigenvalue weighted by atomic mass is 35.5. The molecule has 1 heterocycles. The second-order valence-electron chi connectivity index (χ2n) is 3.68. The molecule has 14 heavy (non-hydrogen) atoms. The van der Waals surface area contributed by atoms with Crippen LogP contribution < -0.4 is 4.90 Å². The van der Waals surface area contributed by atoms with Crippen molar-refractivity contribution in [2.75, 3.05) is 18.5 Å². The van der Waals surface area contributed by atoms with Gasteiger partial charge in [0.25, 0.3) is 0 Å². The van der Waals surface area contributed by atoms with Gasteiger partial charge in [-0.2, -0.15) is 0 Å². The average molecular weight is 213 g/mol. The third-order valence-corrected chi connectivity index (χ3v) is 2.37. The van der Waals surface area contributed by atoms with Crippen LogP contribution in [0.1, 0.15) is 18.9 Å². The van der Waals surface area contributed by atoms with Crippen molar-refractivity contribution in [2.45, 2.75) is 25.6 Å². The van der Waals surface area contributed by atoms with Gasteiger partial charge in [-0.15, -0.1) is 11.6 Å². The van der Waals surface area contributed by atoms with Gasteiger partial charge >= 0.3 is 0 Å². The molecule has 3 heteroatoms. The summed E-state index contributed by atoms with van der Waals surface area (Å²) in [4.78, 5) is 6.46. The maximum atomic E-state index is 5.89. The first kappa shape index (κ1) is 11.3. The minimum Gasteiger partial charge on any atom is -0.360 e. The fraction of sp³-hybridized carbons (Fsp3) is 0.545. The average Bonchev–Trinajstić information content (AvgIpc) is 2.15. The summed E-state index contributed by atoms with van der Waals surface area (Å²) >= 11 is 5.89. The molecule has 0 aliphatic carbocycles. The zero-order valence-electron chi connectivity index (χ0n) is 9.00. The van der Waals surface area contributed by atoms with Crippen LogP contribution in [0.5, 0.6) is 0 Å². The Hall–Kier alpha value is -0.760. The van der Waals surface area contributed by atoms with Crippen LogP contribution in [0.4, 0.5) is 5.82 Å². The molecule has 1 rings (SSSR count). The predicted octanol–water partition coefficient (Wildman–Crippen LogP) is 2.84. The van der Waals surface area contributed by atoms with E-state index in [4.69, 9.17) is 11.6 Å². The molecule has 0 bridgehead atoms. The second-order valence-corrected chi connectivity index (χ2v) is 4.43. The first-order chi connectivity index (χ1) is 6.59. The number of hydrogen-bond donors (Lipinski definition) is 0. The Morgan fingerprint density at radius 2 is 2.21 bits per heavy atom. The summed E-state index contributed by atoms with van der Waals surface area (Å²) in [5.41, 5.74) is 1.19. The van der Waals surface area contributed by atoms with Crippen molar-refractivity contribution < 1.29 is 0 Å². The molecule has 0 aliphatic heterocycles. The van der Waals surface area contributed by atoms with Crippen LogP contribution in [0.2, 0.25) is 0 Å². The van der Waals surface area contributed by atoms with Gasteiger partial charge in [-0.3, -0.25) is 0 Å². The van der Waals surface area contributed by atoms with Gasteiger partial charge in [0.05, 0.1) is 0 Å². The first-order valence-corrected chi connectivity index (χ1v) is 5.31. The standard InChI is InChI=1S/C11H17ClN2/c1-9-4-5-11(13-8-9)14(3)7-6-10(2)12/h4-5,8,10H,6-7H2,1-3H3. The van der Waals surface area contributed by atoms with Crippen LogP contribution >= 0.6 is 11.6 Å². The number of nitrogens with zero attached hydrogens (tertiary/aromatic N) is 2. The zero-order valence-corrected chi connectivity index (χ0v) is 9.75. The molecule has 0 fully saturated rings. The smallest absolute Gasteiger partial charge is 0.128 e. The van der Waals surface area contributed by atoms with E-state index in [0.29, 0.717) is 0 Å². The number of aromatic nitrogens is 1. The largest absolute Gasteiger partial charge is 0.360 e. The minimum atomic E-state index is 0.225. The van der Waals surface area contributed by atoms with Crippen LogP contribution in [0.3, 0.4) is 0 Å². The van der Waals surface area contributed by atoms with E-state index in [-0.39, 0.29) is 5.38 Å². The van der Waals surface area contributed by atoms with Gasteiger partial charge in [-0.1, -0.05) is 6.07 Å². The van der Waals surface area contributed by atoms with Crippen LogP contribution in [0.15, 0.2) is 18.3 Å². The third kappa shape index (κ3) is 3.54. The second kappa shape index (κ2) is 5.20. The third-order valence-electron chi connectivity index (χ3n) is 2.15. The van der Waals surface area contributed by atoms with Gasteiger partial charge in [0.15, 0.2) is 0 Å². The summed E-state index contributed by atoms with van der Waals surface area (Å²) in [6, 6.07) is 4.11. The lowest BCUT2D eigenvalue weighted by Gasteiger charge is -2.18. The number of rotatable bonds is 4. The molecular weight excluding hydrogens is 196 g/mol. The molecule has 1 aromatic heterocycles. The number of hydrogen-bond acceptors (Lipinski definition) is 2. The highest BCUT2D eigenvalue weighted by Crippen LogP contribution is 2.10. The van der Waals surface area contributed by atoms with Crippen molar-refractivity contribution in [1.29, 1.82) is 0 Å². The van der Waals surface area contributed by atoms with E-state index in [1.807, 2.05) is 33.2 Å². The zero-order chi connectivity index (χ0) is 10.6. The first-order valence-electron chi connectivity index (χ1n) is 4.87. The number of aryl methyl sites for hydroxylation is 1.